The molecule has 1 aliphatic heterocycles. The van der Waals surface area contributed by atoms with Gasteiger partial charge in [0, 0.05) is 52.8 Å². The second-order valence-electron chi connectivity index (χ2n) is 5.44. The van der Waals surface area contributed by atoms with Gasteiger partial charge in [-0.05, 0) is 0 Å². The maximum Gasteiger partial charge on any atom is 0.246 e. The summed E-state index contributed by atoms with van der Waals surface area (Å²) in [7, 11) is 4.90. The average Bonchev–Trinajstić information content (AvgIpc) is 3.13. The molecule has 0 aliphatic carbocycles. The normalized spacial score (nSPS) is 26.4. The van der Waals surface area contributed by atoms with Crippen molar-refractivity contribution in [2.45, 2.75) is 25.4 Å². The van der Waals surface area contributed by atoms with Gasteiger partial charge in [0.05, 0.1) is 26.1 Å². The Bertz CT molecular complexity index is 697. The number of fused-ring (bicyclic) bond motifs is 1. The minimum absolute atomic E-state index is 0. The van der Waals surface area contributed by atoms with Gasteiger partial charge in [0.1, 0.15) is 6.10 Å². The SMILES string of the molecule is CNc1nc(OC)c2ncn([C@@H]3O[C@H](CO)[C@H](C)C3OC)c2n1.[Y]. The van der Waals surface area contributed by atoms with Crippen LogP contribution in [0.5, 0.6) is 5.88 Å². The van der Waals surface area contributed by atoms with Crippen LogP contribution in [0.25, 0.3) is 11.2 Å². The van der Waals surface area contributed by atoms with Gasteiger partial charge in [-0.1, -0.05) is 6.92 Å². The minimum Gasteiger partial charge on any atom is -0.479 e. The Labute approximate surface area is 165 Å². The van der Waals surface area contributed by atoms with Gasteiger partial charge in [-0.3, -0.25) is 4.57 Å². The number of anilines is 1. The second kappa shape index (κ2) is 8.01. The molecule has 0 bridgehead atoms. The summed E-state index contributed by atoms with van der Waals surface area (Å²) in [5, 5.41) is 12.4. The van der Waals surface area contributed by atoms with Crippen molar-refractivity contribution in [1.29, 1.82) is 0 Å². The second-order valence-corrected chi connectivity index (χ2v) is 5.44. The molecule has 2 aromatic heterocycles. The molecule has 4 atom stereocenters. The fourth-order valence-corrected chi connectivity index (χ4v) is 2.95. The molecule has 2 N–H and O–H groups in total. The molecule has 2 aromatic rings. The Hall–Kier alpha value is -0.866. The maximum atomic E-state index is 9.48. The van der Waals surface area contributed by atoms with Crippen LogP contribution < -0.4 is 10.1 Å². The van der Waals surface area contributed by atoms with E-state index in [0.29, 0.717) is 23.0 Å². The molecule has 24 heavy (non-hydrogen) atoms. The molecule has 9 nitrogen and oxygen atoms in total. The van der Waals surface area contributed by atoms with Crippen LogP contribution in [0.3, 0.4) is 0 Å². The van der Waals surface area contributed by atoms with Gasteiger partial charge in [0.25, 0.3) is 0 Å². The number of aromatic nitrogens is 4. The fourth-order valence-electron chi connectivity index (χ4n) is 2.95. The van der Waals surface area contributed by atoms with Crippen LogP contribution in [0.1, 0.15) is 13.2 Å². The summed E-state index contributed by atoms with van der Waals surface area (Å²) in [4.78, 5) is 13.0. The van der Waals surface area contributed by atoms with Crippen LogP contribution in [0.4, 0.5) is 5.95 Å². The zero-order chi connectivity index (χ0) is 16.6. The number of hydrogen-bond acceptors (Lipinski definition) is 8. The molecule has 0 amide bonds. The monoisotopic (exact) mass is 412 g/mol. The van der Waals surface area contributed by atoms with Gasteiger partial charge in [-0.25, -0.2) is 4.98 Å². The van der Waals surface area contributed by atoms with E-state index in [1.54, 1.807) is 25.1 Å². The van der Waals surface area contributed by atoms with E-state index >= 15 is 0 Å². The number of aliphatic hydroxyl groups excluding tert-OH is 1. The molecule has 3 rings (SSSR count). The summed E-state index contributed by atoms with van der Waals surface area (Å²) in [6.45, 7) is 1.92. The van der Waals surface area contributed by atoms with E-state index in [1.165, 1.54) is 7.11 Å². The van der Waals surface area contributed by atoms with Gasteiger partial charge in [-0.15, -0.1) is 0 Å². The molecule has 1 fully saturated rings. The number of hydrogen-bond donors (Lipinski definition) is 2. The topological polar surface area (TPSA) is 104 Å². The van der Waals surface area contributed by atoms with Gasteiger partial charge in [0.2, 0.25) is 11.8 Å². The quantitative estimate of drug-likeness (QED) is 0.728. The summed E-state index contributed by atoms with van der Waals surface area (Å²) in [5.74, 6) is 0.853. The number of nitrogens with one attached hydrogen (secondary N) is 1. The van der Waals surface area contributed by atoms with Crippen molar-refractivity contribution in [3.63, 3.8) is 0 Å². The number of rotatable bonds is 5. The van der Waals surface area contributed by atoms with Gasteiger partial charge in [-0.2, -0.15) is 9.97 Å². The number of ether oxygens (including phenoxy) is 3. The van der Waals surface area contributed by atoms with Gasteiger partial charge < -0.3 is 24.6 Å². The molecular formula is C14H21N5O4Y. The van der Waals surface area contributed by atoms with Crippen molar-refractivity contribution in [2.24, 2.45) is 5.92 Å². The van der Waals surface area contributed by atoms with E-state index in [-0.39, 0.29) is 57.4 Å². The summed E-state index contributed by atoms with van der Waals surface area (Å²) < 4.78 is 18.6. The number of aliphatic hydroxyl groups is 1. The zero-order valence-electron chi connectivity index (χ0n) is 14.1. The molecule has 1 unspecified atom stereocenters. The summed E-state index contributed by atoms with van der Waals surface area (Å²) >= 11 is 0. The van der Waals surface area contributed by atoms with E-state index in [0.717, 1.165) is 0 Å². The molecule has 1 radical (unpaired) electrons. The average molecular weight is 412 g/mol. The van der Waals surface area contributed by atoms with Crippen molar-refractivity contribution < 1.29 is 52.0 Å². The van der Waals surface area contributed by atoms with E-state index in [9.17, 15) is 5.11 Å². The number of nitrogens with zero attached hydrogens (tertiary/aromatic N) is 4. The first kappa shape index (κ1) is 19.5. The molecule has 0 saturated carbocycles. The van der Waals surface area contributed by atoms with Crippen LogP contribution in [-0.4, -0.2) is 64.7 Å². The summed E-state index contributed by atoms with van der Waals surface area (Å²) in [6, 6.07) is 0. The first-order chi connectivity index (χ1) is 11.1. The van der Waals surface area contributed by atoms with E-state index in [1.807, 2.05) is 6.92 Å². The van der Waals surface area contributed by atoms with Crippen LogP contribution in [-0.2, 0) is 42.2 Å². The van der Waals surface area contributed by atoms with Crippen molar-refractivity contribution in [3.8, 4) is 5.88 Å². The predicted molar refractivity (Wildman–Crippen MR) is 82.4 cm³/mol. The Kier molecular flexibility index (Phi) is 6.49. The fraction of sp³-hybridized carbons (Fsp3) is 0.643. The summed E-state index contributed by atoms with van der Waals surface area (Å²) in [5.41, 5.74) is 1.13. The standard InChI is InChI=1S/C14H21N5O4.Y/c1-7-8(5-20)23-13(10(7)21-3)19-6-16-9-11(19)17-14(15-2)18-12(9)22-4;/h6-8,10,13,20H,5H2,1-4H3,(H,15,17,18);/t7-,8+,10?,13+;/m0./s1. The van der Waals surface area contributed by atoms with Crippen LogP contribution in [0.15, 0.2) is 6.33 Å². The molecular weight excluding hydrogens is 391 g/mol. The first-order valence-electron chi connectivity index (χ1n) is 7.40. The molecule has 0 aromatic carbocycles. The molecule has 1 saturated heterocycles. The van der Waals surface area contributed by atoms with Crippen molar-refractivity contribution >= 4 is 17.1 Å². The molecule has 10 heteroatoms. The van der Waals surface area contributed by atoms with Gasteiger partial charge in [0.15, 0.2) is 17.4 Å². The van der Waals surface area contributed by atoms with Crippen molar-refractivity contribution in [1.82, 2.24) is 19.5 Å². The Morgan fingerprint density at radius 2 is 2.12 bits per heavy atom. The van der Waals surface area contributed by atoms with Gasteiger partial charge >= 0.3 is 0 Å². The molecule has 3 heterocycles. The smallest absolute Gasteiger partial charge is 0.246 e. The largest absolute Gasteiger partial charge is 0.479 e. The van der Waals surface area contributed by atoms with E-state index in [4.69, 9.17) is 14.2 Å². The first-order valence-corrected chi connectivity index (χ1v) is 7.40. The van der Waals surface area contributed by atoms with Crippen LogP contribution >= 0.6 is 0 Å². The molecule has 129 valence electrons. The zero-order valence-corrected chi connectivity index (χ0v) is 17.0. The third-order valence-corrected chi connectivity index (χ3v) is 4.23. The maximum absolute atomic E-state index is 9.48. The molecule has 1 aliphatic rings. The van der Waals surface area contributed by atoms with Crippen molar-refractivity contribution in [2.75, 3.05) is 33.2 Å². The number of imidazole rings is 1. The predicted octanol–water partition coefficient (Wildman–Crippen LogP) is 0.415. The van der Waals surface area contributed by atoms with Crippen LogP contribution in [0, 0.1) is 5.92 Å². The third kappa shape index (κ3) is 3.15. The van der Waals surface area contributed by atoms with E-state index in [2.05, 4.69) is 20.3 Å². The number of methoxy groups -OCH3 is 2. The summed E-state index contributed by atoms with van der Waals surface area (Å²) in [6.07, 6.45) is 0.685. The minimum atomic E-state index is -0.429. The molecule has 0 spiro atoms. The Morgan fingerprint density at radius 3 is 2.71 bits per heavy atom. The van der Waals surface area contributed by atoms with Crippen LogP contribution in [0.2, 0.25) is 0 Å². The Morgan fingerprint density at radius 1 is 1.38 bits per heavy atom. The Balaban J connectivity index is 0.00000208. The van der Waals surface area contributed by atoms with E-state index < -0.39 is 6.23 Å². The third-order valence-electron chi connectivity index (χ3n) is 4.23. The van der Waals surface area contributed by atoms with Crippen molar-refractivity contribution in [3.05, 3.63) is 6.33 Å².